The molecule has 3 nitrogen and oxygen atoms in total. The molecule has 1 amide bonds. The fraction of sp³-hybridized carbons (Fsp3) is 0.533. The van der Waals surface area contributed by atoms with Crippen molar-refractivity contribution in [1.29, 1.82) is 0 Å². The van der Waals surface area contributed by atoms with E-state index in [1.165, 1.54) is 23.9 Å². The SMILES string of the molecule is O=C(CSc1ccc(F)cc1)N1CCCCCC1CO. The van der Waals surface area contributed by atoms with E-state index in [1.54, 1.807) is 12.1 Å². The Balaban J connectivity index is 1.90. The van der Waals surface area contributed by atoms with Crippen LogP contribution in [0.2, 0.25) is 0 Å². The van der Waals surface area contributed by atoms with Gasteiger partial charge in [-0.1, -0.05) is 12.8 Å². The molecule has 0 saturated carbocycles. The van der Waals surface area contributed by atoms with Crippen molar-refractivity contribution in [2.75, 3.05) is 18.9 Å². The lowest BCUT2D eigenvalue weighted by molar-refractivity contribution is -0.131. The van der Waals surface area contributed by atoms with Gasteiger partial charge >= 0.3 is 0 Å². The molecule has 110 valence electrons. The molecule has 1 N–H and O–H groups in total. The van der Waals surface area contributed by atoms with E-state index in [1.807, 2.05) is 4.90 Å². The minimum absolute atomic E-state index is 0.0347. The number of thioether (sulfide) groups is 1. The van der Waals surface area contributed by atoms with E-state index in [0.717, 1.165) is 37.1 Å². The number of aliphatic hydroxyl groups excluding tert-OH is 1. The van der Waals surface area contributed by atoms with Crippen molar-refractivity contribution in [3.63, 3.8) is 0 Å². The summed E-state index contributed by atoms with van der Waals surface area (Å²) in [5.74, 6) is 0.121. The molecular formula is C15H20FNO2S. The molecule has 1 saturated heterocycles. The second-order valence-electron chi connectivity index (χ2n) is 5.02. The molecule has 1 fully saturated rings. The van der Waals surface area contributed by atoms with Crippen LogP contribution in [0.5, 0.6) is 0 Å². The second-order valence-corrected chi connectivity index (χ2v) is 6.06. The van der Waals surface area contributed by atoms with Gasteiger partial charge in [-0.05, 0) is 37.1 Å². The van der Waals surface area contributed by atoms with Crippen LogP contribution in [-0.4, -0.2) is 40.9 Å². The summed E-state index contributed by atoms with van der Waals surface area (Å²) < 4.78 is 12.8. The van der Waals surface area contributed by atoms with Crippen LogP contribution in [0.15, 0.2) is 29.2 Å². The highest BCUT2D eigenvalue weighted by atomic mass is 32.2. The highest BCUT2D eigenvalue weighted by Gasteiger charge is 2.24. The largest absolute Gasteiger partial charge is 0.394 e. The molecule has 0 bridgehead atoms. The normalized spacial score (nSPS) is 19.7. The van der Waals surface area contributed by atoms with Crippen LogP contribution in [0.1, 0.15) is 25.7 Å². The molecule has 0 spiro atoms. The predicted octanol–water partition coefficient (Wildman–Crippen LogP) is 2.68. The molecule has 0 radical (unpaired) electrons. The van der Waals surface area contributed by atoms with Gasteiger partial charge in [0.25, 0.3) is 0 Å². The summed E-state index contributed by atoms with van der Waals surface area (Å²) in [7, 11) is 0. The van der Waals surface area contributed by atoms with Gasteiger partial charge in [0.1, 0.15) is 5.82 Å². The number of aliphatic hydroxyl groups is 1. The molecule has 1 aromatic rings. The average Bonchev–Trinajstić information content (AvgIpc) is 2.71. The minimum atomic E-state index is -0.270. The summed E-state index contributed by atoms with van der Waals surface area (Å²) in [5.41, 5.74) is 0. The van der Waals surface area contributed by atoms with E-state index in [9.17, 15) is 14.3 Å². The lowest BCUT2D eigenvalue weighted by atomic mass is 10.1. The van der Waals surface area contributed by atoms with Crippen molar-refractivity contribution in [2.45, 2.75) is 36.6 Å². The van der Waals surface area contributed by atoms with Crippen molar-refractivity contribution in [2.24, 2.45) is 0 Å². The van der Waals surface area contributed by atoms with Gasteiger partial charge in [-0.25, -0.2) is 4.39 Å². The first kappa shape index (κ1) is 15.3. The summed E-state index contributed by atoms with van der Waals surface area (Å²) in [6.45, 7) is 0.765. The first-order chi connectivity index (χ1) is 9.70. The van der Waals surface area contributed by atoms with E-state index in [0.29, 0.717) is 5.75 Å². The number of benzene rings is 1. The topological polar surface area (TPSA) is 40.5 Å². The van der Waals surface area contributed by atoms with E-state index in [-0.39, 0.29) is 24.4 Å². The molecule has 1 aromatic carbocycles. The van der Waals surface area contributed by atoms with Crippen LogP contribution < -0.4 is 0 Å². The lowest BCUT2D eigenvalue weighted by Crippen LogP contribution is -2.43. The van der Waals surface area contributed by atoms with Gasteiger partial charge in [-0.2, -0.15) is 0 Å². The zero-order chi connectivity index (χ0) is 14.4. The Labute approximate surface area is 123 Å². The highest BCUT2D eigenvalue weighted by molar-refractivity contribution is 8.00. The zero-order valence-electron chi connectivity index (χ0n) is 11.4. The van der Waals surface area contributed by atoms with Gasteiger partial charge < -0.3 is 10.0 Å². The maximum atomic E-state index is 12.8. The van der Waals surface area contributed by atoms with Gasteiger partial charge in [0.05, 0.1) is 18.4 Å². The molecule has 5 heteroatoms. The summed E-state index contributed by atoms with van der Waals surface area (Å²) in [6.07, 6.45) is 4.07. The number of amides is 1. The molecule has 20 heavy (non-hydrogen) atoms. The summed E-state index contributed by atoms with van der Waals surface area (Å²) in [4.78, 5) is 15.0. The predicted molar refractivity (Wildman–Crippen MR) is 78.2 cm³/mol. The summed E-state index contributed by atoms with van der Waals surface area (Å²) >= 11 is 1.41. The Hall–Kier alpha value is -1.07. The van der Waals surface area contributed by atoms with Crippen molar-refractivity contribution in [1.82, 2.24) is 4.90 Å². The van der Waals surface area contributed by atoms with E-state index in [2.05, 4.69) is 0 Å². The van der Waals surface area contributed by atoms with E-state index >= 15 is 0 Å². The highest BCUT2D eigenvalue weighted by Crippen LogP contribution is 2.21. The summed E-state index contributed by atoms with van der Waals surface area (Å²) in [6, 6.07) is 6.11. The zero-order valence-corrected chi connectivity index (χ0v) is 12.2. The van der Waals surface area contributed by atoms with E-state index < -0.39 is 0 Å². The molecule has 1 aliphatic rings. The molecule has 0 aliphatic carbocycles. The minimum Gasteiger partial charge on any atom is -0.394 e. The first-order valence-electron chi connectivity index (χ1n) is 6.99. The van der Waals surface area contributed by atoms with Gasteiger partial charge in [-0.3, -0.25) is 4.79 Å². The standard InChI is InChI=1S/C15H20FNO2S/c16-12-5-7-14(8-6-12)20-11-15(19)17-9-3-1-2-4-13(17)10-18/h5-8,13,18H,1-4,9-11H2. The molecular weight excluding hydrogens is 277 g/mol. The number of carbonyl (C=O) groups is 1. The van der Waals surface area contributed by atoms with Gasteiger partial charge in [-0.15, -0.1) is 11.8 Å². The third kappa shape index (κ3) is 4.21. The number of hydrogen-bond acceptors (Lipinski definition) is 3. The van der Waals surface area contributed by atoms with E-state index in [4.69, 9.17) is 0 Å². The third-order valence-electron chi connectivity index (χ3n) is 3.58. The summed E-state index contributed by atoms with van der Waals surface area (Å²) in [5, 5.41) is 9.41. The Kier molecular flexibility index (Phi) is 5.86. The van der Waals surface area contributed by atoms with Crippen LogP contribution >= 0.6 is 11.8 Å². The third-order valence-corrected chi connectivity index (χ3v) is 4.58. The lowest BCUT2D eigenvalue weighted by Gasteiger charge is -2.28. The average molecular weight is 297 g/mol. The number of nitrogens with zero attached hydrogens (tertiary/aromatic N) is 1. The fourth-order valence-corrected chi connectivity index (χ4v) is 3.24. The Morgan fingerprint density at radius 1 is 1.30 bits per heavy atom. The Morgan fingerprint density at radius 2 is 2.05 bits per heavy atom. The first-order valence-corrected chi connectivity index (χ1v) is 7.98. The molecule has 1 heterocycles. The molecule has 0 aromatic heterocycles. The quantitative estimate of drug-likeness (QED) is 0.869. The van der Waals surface area contributed by atoms with Crippen molar-refractivity contribution in [3.05, 3.63) is 30.1 Å². The van der Waals surface area contributed by atoms with Gasteiger partial charge in [0.2, 0.25) is 5.91 Å². The molecule has 2 rings (SSSR count). The van der Waals surface area contributed by atoms with Gasteiger partial charge in [0.15, 0.2) is 0 Å². The number of halogens is 1. The number of hydrogen-bond donors (Lipinski definition) is 1. The van der Waals surface area contributed by atoms with Crippen LogP contribution in [0.4, 0.5) is 4.39 Å². The Bertz CT molecular complexity index is 438. The van der Waals surface area contributed by atoms with Crippen LogP contribution in [-0.2, 0) is 4.79 Å². The maximum absolute atomic E-state index is 12.8. The van der Waals surface area contributed by atoms with Crippen LogP contribution in [0.3, 0.4) is 0 Å². The maximum Gasteiger partial charge on any atom is 0.233 e. The smallest absolute Gasteiger partial charge is 0.233 e. The number of rotatable bonds is 4. The van der Waals surface area contributed by atoms with Crippen molar-refractivity contribution < 1.29 is 14.3 Å². The molecule has 1 aliphatic heterocycles. The number of carbonyl (C=O) groups excluding carboxylic acids is 1. The monoisotopic (exact) mass is 297 g/mol. The van der Waals surface area contributed by atoms with Crippen LogP contribution in [0.25, 0.3) is 0 Å². The van der Waals surface area contributed by atoms with Crippen LogP contribution in [0, 0.1) is 5.82 Å². The van der Waals surface area contributed by atoms with Gasteiger partial charge in [0, 0.05) is 11.4 Å². The van der Waals surface area contributed by atoms with Crippen molar-refractivity contribution in [3.8, 4) is 0 Å². The van der Waals surface area contributed by atoms with Crippen molar-refractivity contribution >= 4 is 17.7 Å². The number of likely N-dealkylation sites (tertiary alicyclic amines) is 1. The molecule has 1 atom stereocenters. The Morgan fingerprint density at radius 3 is 2.75 bits per heavy atom. The fourth-order valence-electron chi connectivity index (χ4n) is 2.45. The second kappa shape index (κ2) is 7.64. The molecule has 1 unspecified atom stereocenters.